The minimum absolute atomic E-state index is 0.171. The molecule has 0 fully saturated rings. The number of nitrogens with one attached hydrogen (secondary N) is 2. The first-order valence-electron chi connectivity index (χ1n) is 4.40. The van der Waals surface area contributed by atoms with Gasteiger partial charge < -0.3 is 21.1 Å². The van der Waals surface area contributed by atoms with Crippen LogP contribution in [0.3, 0.4) is 0 Å². The number of nitrogens with two attached hydrogens (primary N) is 1. The van der Waals surface area contributed by atoms with E-state index < -0.39 is 11.9 Å². The SMILES string of the molecule is COC(=O)CNC(=O)CNC(=O)CCN. The van der Waals surface area contributed by atoms with Crippen LogP contribution in [0.2, 0.25) is 0 Å². The first kappa shape index (κ1) is 13.4. The smallest absolute Gasteiger partial charge is 0.325 e. The normalized spacial score (nSPS) is 9.20. The van der Waals surface area contributed by atoms with E-state index in [1.807, 2.05) is 0 Å². The predicted octanol–water partition coefficient (Wildman–Crippen LogP) is -2.26. The van der Waals surface area contributed by atoms with Crippen LogP contribution in [-0.2, 0) is 19.1 Å². The summed E-state index contributed by atoms with van der Waals surface area (Å²) in [6.45, 7) is -0.145. The molecule has 0 atom stereocenters. The van der Waals surface area contributed by atoms with Crippen LogP contribution in [0.15, 0.2) is 0 Å². The molecule has 0 aromatic heterocycles. The molecule has 4 N–H and O–H groups in total. The summed E-state index contributed by atoms with van der Waals surface area (Å²) in [4.78, 5) is 32.5. The molecule has 0 heterocycles. The first-order valence-corrected chi connectivity index (χ1v) is 4.40. The molecule has 0 spiro atoms. The van der Waals surface area contributed by atoms with Crippen LogP contribution in [0.5, 0.6) is 0 Å². The molecular weight excluding hydrogens is 202 g/mol. The van der Waals surface area contributed by atoms with Gasteiger partial charge in [-0.05, 0) is 0 Å². The van der Waals surface area contributed by atoms with E-state index in [4.69, 9.17) is 5.73 Å². The highest BCUT2D eigenvalue weighted by atomic mass is 16.5. The number of carbonyl (C=O) groups excluding carboxylic acids is 3. The Labute approximate surface area is 87.3 Å². The highest BCUT2D eigenvalue weighted by Gasteiger charge is 2.06. The van der Waals surface area contributed by atoms with E-state index >= 15 is 0 Å². The van der Waals surface area contributed by atoms with Crippen molar-refractivity contribution < 1.29 is 19.1 Å². The molecule has 0 bridgehead atoms. The Balaban J connectivity index is 3.57. The summed E-state index contributed by atoms with van der Waals surface area (Å²) in [6.07, 6.45) is 0.171. The molecule has 86 valence electrons. The van der Waals surface area contributed by atoms with Gasteiger partial charge in [-0.3, -0.25) is 14.4 Å². The molecule has 0 aliphatic heterocycles. The van der Waals surface area contributed by atoms with Crippen LogP contribution >= 0.6 is 0 Å². The van der Waals surface area contributed by atoms with Crippen molar-refractivity contribution in [3.63, 3.8) is 0 Å². The molecule has 0 aliphatic carbocycles. The fourth-order valence-electron chi connectivity index (χ4n) is 0.704. The van der Waals surface area contributed by atoms with E-state index in [-0.39, 0.29) is 32.0 Å². The minimum atomic E-state index is -0.545. The second-order valence-electron chi connectivity index (χ2n) is 2.67. The summed E-state index contributed by atoms with van der Waals surface area (Å²) in [5, 5.41) is 4.61. The van der Waals surface area contributed by atoms with Gasteiger partial charge in [0, 0.05) is 13.0 Å². The van der Waals surface area contributed by atoms with E-state index in [2.05, 4.69) is 15.4 Å². The lowest BCUT2D eigenvalue weighted by atomic mass is 10.4. The number of esters is 1. The van der Waals surface area contributed by atoms with Crippen LogP contribution in [0.4, 0.5) is 0 Å². The molecular formula is C8H15N3O4. The Morgan fingerprint density at radius 3 is 2.27 bits per heavy atom. The molecule has 15 heavy (non-hydrogen) atoms. The molecule has 2 amide bonds. The molecule has 0 rings (SSSR count). The Kier molecular flexibility index (Phi) is 6.90. The Bertz CT molecular complexity index is 242. The number of rotatable bonds is 6. The maximum Gasteiger partial charge on any atom is 0.325 e. The van der Waals surface area contributed by atoms with Crippen LogP contribution in [0, 0.1) is 0 Å². The molecule has 0 aliphatic rings. The van der Waals surface area contributed by atoms with Gasteiger partial charge in [-0.2, -0.15) is 0 Å². The monoisotopic (exact) mass is 217 g/mol. The number of hydrogen-bond acceptors (Lipinski definition) is 5. The molecule has 0 aromatic carbocycles. The highest BCUT2D eigenvalue weighted by molar-refractivity contribution is 5.86. The molecule has 0 saturated heterocycles. The van der Waals surface area contributed by atoms with E-state index in [9.17, 15) is 14.4 Å². The lowest BCUT2D eigenvalue weighted by molar-refractivity contribution is -0.141. The summed E-state index contributed by atoms with van der Waals surface area (Å²) >= 11 is 0. The third-order valence-electron chi connectivity index (χ3n) is 1.48. The number of carbonyl (C=O) groups is 3. The van der Waals surface area contributed by atoms with Gasteiger partial charge in [-0.1, -0.05) is 0 Å². The molecule has 0 aromatic rings. The molecule has 7 heteroatoms. The van der Waals surface area contributed by atoms with Crippen LogP contribution in [-0.4, -0.2) is 44.5 Å². The highest BCUT2D eigenvalue weighted by Crippen LogP contribution is 1.75. The van der Waals surface area contributed by atoms with Crippen molar-refractivity contribution in [1.29, 1.82) is 0 Å². The lowest BCUT2D eigenvalue weighted by Crippen LogP contribution is -2.39. The van der Waals surface area contributed by atoms with Crippen molar-refractivity contribution in [2.24, 2.45) is 5.73 Å². The zero-order valence-electron chi connectivity index (χ0n) is 8.54. The first-order chi connectivity index (χ1) is 7.10. The van der Waals surface area contributed by atoms with E-state index in [1.165, 1.54) is 7.11 Å². The van der Waals surface area contributed by atoms with Crippen molar-refractivity contribution in [3.8, 4) is 0 Å². The van der Waals surface area contributed by atoms with Gasteiger partial charge >= 0.3 is 5.97 Å². The van der Waals surface area contributed by atoms with Gasteiger partial charge in [0.1, 0.15) is 6.54 Å². The van der Waals surface area contributed by atoms with Crippen LogP contribution < -0.4 is 16.4 Å². The quantitative estimate of drug-likeness (QED) is 0.435. The fraction of sp³-hybridized carbons (Fsp3) is 0.625. The van der Waals surface area contributed by atoms with Gasteiger partial charge in [0.05, 0.1) is 13.7 Å². The van der Waals surface area contributed by atoms with Gasteiger partial charge in [0.15, 0.2) is 0 Å². The number of amides is 2. The number of hydrogen-bond donors (Lipinski definition) is 3. The van der Waals surface area contributed by atoms with E-state index in [0.717, 1.165) is 0 Å². The number of methoxy groups -OCH3 is 1. The Hall–Kier alpha value is -1.63. The average molecular weight is 217 g/mol. The standard InChI is InChI=1S/C8H15N3O4/c1-15-8(14)5-11-7(13)4-10-6(12)2-3-9/h2-5,9H2,1H3,(H,10,12)(H,11,13). The van der Waals surface area contributed by atoms with Crippen LogP contribution in [0.1, 0.15) is 6.42 Å². The van der Waals surface area contributed by atoms with Crippen molar-refractivity contribution in [2.75, 3.05) is 26.7 Å². The fourth-order valence-corrected chi connectivity index (χ4v) is 0.704. The summed E-state index contributed by atoms with van der Waals surface area (Å²) in [5.74, 6) is -1.30. The molecule has 0 unspecified atom stereocenters. The van der Waals surface area contributed by atoms with Crippen molar-refractivity contribution in [3.05, 3.63) is 0 Å². The summed E-state index contributed by atoms with van der Waals surface area (Å²) < 4.78 is 4.31. The van der Waals surface area contributed by atoms with Crippen molar-refractivity contribution in [1.82, 2.24) is 10.6 Å². The Morgan fingerprint density at radius 1 is 1.13 bits per heavy atom. The third kappa shape index (κ3) is 7.44. The van der Waals surface area contributed by atoms with Gasteiger partial charge in [0.25, 0.3) is 0 Å². The van der Waals surface area contributed by atoms with E-state index in [1.54, 1.807) is 0 Å². The zero-order valence-corrected chi connectivity index (χ0v) is 8.54. The predicted molar refractivity (Wildman–Crippen MR) is 51.7 cm³/mol. The maximum atomic E-state index is 11.0. The van der Waals surface area contributed by atoms with Crippen molar-refractivity contribution >= 4 is 17.8 Å². The van der Waals surface area contributed by atoms with Crippen molar-refractivity contribution in [2.45, 2.75) is 6.42 Å². The minimum Gasteiger partial charge on any atom is -0.468 e. The summed E-state index contributed by atoms with van der Waals surface area (Å²) in [6, 6.07) is 0. The lowest BCUT2D eigenvalue weighted by Gasteiger charge is -2.05. The number of ether oxygens (including phenoxy) is 1. The average Bonchev–Trinajstić information content (AvgIpc) is 2.23. The summed E-state index contributed by atoms with van der Waals surface area (Å²) in [7, 11) is 1.22. The van der Waals surface area contributed by atoms with E-state index in [0.29, 0.717) is 0 Å². The Morgan fingerprint density at radius 2 is 1.73 bits per heavy atom. The zero-order chi connectivity index (χ0) is 11.7. The van der Waals surface area contributed by atoms with Crippen LogP contribution in [0.25, 0.3) is 0 Å². The third-order valence-corrected chi connectivity index (χ3v) is 1.48. The van der Waals surface area contributed by atoms with Gasteiger partial charge in [0.2, 0.25) is 11.8 Å². The van der Waals surface area contributed by atoms with Gasteiger partial charge in [-0.15, -0.1) is 0 Å². The largest absolute Gasteiger partial charge is 0.468 e. The molecule has 0 saturated carbocycles. The van der Waals surface area contributed by atoms with Gasteiger partial charge in [-0.25, -0.2) is 0 Å². The second kappa shape index (κ2) is 7.74. The topological polar surface area (TPSA) is 111 Å². The summed E-state index contributed by atoms with van der Waals surface area (Å²) in [5.41, 5.74) is 5.13. The molecule has 0 radical (unpaired) electrons. The molecule has 7 nitrogen and oxygen atoms in total. The maximum absolute atomic E-state index is 11.0. The second-order valence-corrected chi connectivity index (χ2v) is 2.67.